The average Bonchev–Trinajstić information content (AvgIpc) is 2.57. The van der Waals surface area contributed by atoms with E-state index in [0.717, 1.165) is 19.3 Å². The number of fused-ring (bicyclic) bond motifs is 1. The van der Waals surface area contributed by atoms with E-state index in [0.29, 0.717) is 5.65 Å². The van der Waals surface area contributed by atoms with E-state index in [2.05, 4.69) is 32.7 Å². The zero-order chi connectivity index (χ0) is 11.9. The highest BCUT2D eigenvalue weighted by Crippen LogP contribution is 2.22. The number of aromatic amines is 1. The summed E-state index contributed by atoms with van der Waals surface area (Å²) in [5.41, 5.74) is -0.501. The second-order valence-electron chi connectivity index (χ2n) is 2.90. The lowest BCUT2D eigenvalue weighted by molar-refractivity contribution is 0.0694. The number of nitrogens with zero attached hydrogens (tertiary/aromatic N) is 2. The predicted octanol–water partition coefficient (Wildman–Crippen LogP) is 1.05. The van der Waals surface area contributed by atoms with Crippen molar-refractivity contribution in [3.8, 4) is 0 Å². The molecule has 0 aliphatic heterocycles. The first-order chi connectivity index (χ1) is 7.56. The van der Waals surface area contributed by atoms with Crippen LogP contribution in [0.1, 0.15) is 10.4 Å². The SMILES string of the molecule is CSc1[nH]n2c(=O)c(C(=O)O)cnc2c1I. The van der Waals surface area contributed by atoms with Gasteiger partial charge in [-0.05, 0) is 28.8 Å². The van der Waals surface area contributed by atoms with Gasteiger partial charge in [0.05, 0.1) is 3.57 Å². The number of nitrogens with one attached hydrogen (secondary N) is 1. The molecule has 0 radical (unpaired) electrons. The predicted molar refractivity (Wildman–Crippen MR) is 67.3 cm³/mol. The smallest absolute Gasteiger partial charge is 0.343 e. The average molecular weight is 351 g/mol. The number of thioether (sulfide) groups is 1. The minimum absolute atomic E-state index is 0.345. The summed E-state index contributed by atoms with van der Waals surface area (Å²) >= 11 is 3.49. The monoisotopic (exact) mass is 351 g/mol. The number of carboxylic acids is 1. The summed E-state index contributed by atoms with van der Waals surface area (Å²) in [6.45, 7) is 0. The van der Waals surface area contributed by atoms with Gasteiger partial charge in [-0.15, -0.1) is 11.8 Å². The Bertz CT molecular complexity index is 633. The minimum Gasteiger partial charge on any atom is -0.477 e. The lowest BCUT2D eigenvalue weighted by atomic mass is 10.3. The van der Waals surface area contributed by atoms with Gasteiger partial charge in [0.25, 0.3) is 5.56 Å². The van der Waals surface area contributed by atoms with Gasteiger partial charge in [0.2, 0.25) is 0 Å². The fourth-order valence-corrected chi connectivity index (χ4v) is 2.86. The summed E-state index contributed by atoms with van der Waals surface area (Å²) in [5, 5.41) is 12.4. The molecule has 0 aliphatic carbocycles. The lowest BCUT2D eigenvalue weighted by Crippen LogP contribution is -2.22. The minimum atomic E-state index is -1.28. The van der Waals surface area contributed by atoms with Crippen LogP contribution in [0.15, 0.2) is 16.0 Å². The summed E-state index contributed by atoms with van der Waals surface area (Å²) in [7, 11) is 0. The molecule has 0 amide bonds. The van der Waals surface area contributed by atoms with E-state index in [-0.39, 0.29) is 5.56 Å². The number of aromatic carboxylic acids is 1. The molecule has 16 heavy (non-hydrogen) atoms. The molecular weight excluding hydrogens is 345 g/mol. The zero-order valence-corrected chi connectivity index (χ0v) is 11.0. The third-order valence-electron chi connectivity index (χ3n) is 2.00. The number of halogens is 1. The molecule has 6 nitrogen and oxygen atoms in total. The first kappa shape index (κ1) is 11.5. The first-order valence-corrected chi connectivity index (χ1v) is 6.43. The fraction of sp³-hybridized carbons (Fsp3) is 0.125. The third kappa shape index (κ3) is 1.61. The van der Waals surface area contributed by atoms with Crippen LogP contribution in [0.4, 0.5) is 0 Å². The van der Waals surface area contributed by atoms with Crippen molar-refractivity contribution in [2.45, 2.75) is 5.03 Å². The van der Waals surface area contributed by atoms with E-state index in [4.69, 9.17) is 5.11 Å². The number of H-pyrrole nitrogens is 1. The molecule has 2 aromatic heterocycles. The maximum atomic E-state index is 11.7. The quantitative estimate of drug-likeness (QED) is 0.624. The Morgan fingerprint density at radius 3 is 2.94 bits per heavy atom. The molecule has 0 aliphatic rings. The van der Waals surface area contributed by atoms with Crippen LogP contribution < -0.4 is 5.56 Å². The van der Waals surface area contributed by atoms with Crippen LogP contribution in [0.25, 0.3) is 5.65 Å². The third-order valence-corrected chi connectivity index (χ3v) is 4.10. The number of hydrogen-bond donors (Lipinski definition) is 2. The Kier molecular flexibility index (Phi) is 2.93. The summed E-state index contributed by atoms with van der Waals surface area (Å²) < 4.78 is 1.95. The van der Waals surface area contributed by atoms with Gasteiger partial charge >= 0.3 is 5.97 Å². The van der Waals surface area contributed by atoms with Crippen molar-refractivity contribution >= 4 is 46.0 Å². The van der Waals surface area contributed by atoms with Crippen molar-refractivity contribution in [1.29, 1.82) is 0 Å². The molecule has 84 valence electrons. The molecule has 2 N–H and O–H groups in total. The summed E-state index contributed by atoms with van der Waals surface area (Å²) in [4.78, 5) is 26.5. The van der Waals surface area contributed by atoms with Crippen LogP contribution in [0.2, 0.25) is 0 Å². The molecule has 2 rings (SSSR count). The van der Waals surface area contributed by atoms with Crippen molar-refractivity contribution in [3.05, 3.63) is 25.7 Å². The first-order valence-electron chi connectivity index (χ1n) is 4.12. The molecule has 0 bridgehead atoms. The molecule has 2 heterocycles. The van der Waals surface area contributed by atoms with Crippen molar-refractivity contribution in [1.82, 2.24) is 14.6 Å². The van der Waals surface area contributed by atoms with Gasteiger partial charge in [-0.3, -0.25) is 9.89 Å². The largest absolute Gasteiger partial charge is 0.477 e. The maximum Gasteiger partial charge on any atom is 0.343 e. The van der Waals surface area contributed by atoms with Gasteiger partial charge in [0, 0.05) is 6.20 Å². The molecule has 0 fully saturated rings. The molecular formula is C8H6IN3O3S. The zero-order valence-electron chi connectivity index (χ0n) is 8.02. The number of carbonyl (C=O) groups is 1. The Balaban J connectivity index is 2.86. The van der Waals surface area contributed by atoms with Gasteiger partial charge in [0.1, 0.15) is 10.6 Å². The van der Waals surface area contributed by atoms with Gasteiger partial charge in [0.15, 0.2) is 5.65 Å². The van der Waals surface area contributed by atoms with E-state index in [1.54, 1.807) is 0 Å². The van der Waals surface area contributed by atoms with Crippen LogP contribution in [0, 0.1) is 3.57 Å². The van der Waals surface area contributed by atoms with E-state index in [1.165, 1.54) is 11.8 Å². The highest BCUT2D eigenvalue weighted by atomic mass is 127. The Labute approximate surface area is 107 Å². The van der Waals surface area contributed by atoms with Crippen molar-refractivity contribution in [2.24, 2.45) is 0 Å². The Morgan fingerprint density at radius 2 is 2.38 bits per heavy atom. The Morgan fingerprint density at radius 1 is 1.69 bits per heavy atom. The molecule has 0 unspecified atom stereocenters. The van der Waals surface area contributed by atoms with E-state index in [1.807, 2.05) is 6.26 Å². The molecule has 0 saturated carbocycles. The lowest BCUT2D eigenvalue weighted by Gasteiger charge is -1.94. The van der Waals surface area contributed by atoms with Crippen LogP contribution in [0.3, 0.4) is 0 Å². The molecule has 8 heteroatoms. The highest BCUT2D eigenvalue weighted by molar-refractivity contribution is 14.1. The van der Waals surface area contributed by atoms with E-state index in [9.17, 15) is 9.59 Å². The molecule has 0 aromatic carbocycles. The van der Waals surface area contributed by atoms with E-state index >= 15 is 0 Å². The molecule has 0 atom stereocenters. The van der Waals surface area contributed by atoms with Crippen molar-refractivity contribution < 1.29 is 9.90 Å². The maximum absolute atomic E-state index is 11.7. The van der Waals surface area contributed by atoms with Crippen molar-refractivity contribution in [2.75, 3.05) is 6.26 Å². The number of hydrogen-bond acceptors (Lipinski definition) is 4. The van der Waals surface area contributed by atoms with Gasteiger partial charge < -0.3 is 5.11 Å². The molecule has 2 aromatic rings. The standard InChI is InChI=1S/C8H6IN3O3S/c1-16-6-4(9)5-10-2-3(8(14)15)7(13)12(5)11-6/h2,11H,1H3,(H,14,15). The van der Waals surface area contributed by atoms with Crippen LogP contribution in [0.5, 0.6) is 0 Å². The van der Waals surface area contributed by atoms with E-state index < -0.39 is 11.5 Å². The second kappa shape index (κ2) is 4.09. The van der Waals surface area contributed by atoms with Crippen LogP contribution in [-0.2, 0) is 0 Å². The van der Waals surface area contributed by atoms with Gasteiger partial charge in [-0.25, -0.2) is 9.78 Å². The topological polar surface area (TPSA) is 87.5 Å². The summed E-state index contributed by atoms with van der Waals surface area (Å²) in [6, 6.07) is 0. The highest BCUT2D eigenvalue weighted by Gasteiger charge is 2.16. The van der Waals surface area contributed by atoms with Crippen molar-refractivity contribution in [3.63, 3.8) is 0 Å². The Hall–Kier alpha value is -1.03. The molecule has 0 saturated heterocycles. The normalized spacial score (nSPS) is 10.9. The molecule has 0 spiro atoms. The number of carboxylic acid groups (broad SMARTS) is 1. The second-order valence-corrected chi connectivity index (χ2v) is 4.80. The summed E-state index contributed by atoms with van der Waals surface area (Å²) in [5.74, 6) is -1.28. The number of aromatic nitrogens is 3. The number of rotatable bonds is 2. The van der Waals surface area contributed by atoms with Crippen LogP contribution in [-0.4, -0.2) is 31.9 Å². The fourth-order valence-electron chi connectivity index (χ4n) is 1.25. The van der Waals surface area contributed by atoms with Gasteiger partial charge in [-0.1, -0.05) is 0 Å². The summed E-state index contributed by atoms with van der Waals surface area (Å²) in [6.07, 6.45) is 2.94. The van der Waals surface area contributed by atoms with Crippen LogP contribution >= 0.6 is 34.4 Å². The van der Waals surface area contributed by atoms with Gasteiger partial charge in [-0.2, -0.15) is 4.52 Å².